The number of hydrogen-bond donors (Lipinski definition) is 1. The zero-order valence-electron chi connectivity index (χ0n) is 22.3. The largest absolute Gasteiger partial charge is 0.469 e. The summed E-state index contributed by atoms with van der Waals surface area (Å²) in [5.74, 6) is -0.485. The van der Waals surface area contributed by atoms with Crippen LogP contribution in [0.1, 0.15) is 31.2 Å². The Balaban J connectivity index is 1.27. The van der Waals surface area contributed by atoms with Crippen molar-refractivity contribution in [1.82, 2.24) is 29.7 Å². The topological polar surface area (TPSA) is 129 Å². The summed E-state index contributed by atoms with van der Waals surface area (Å²) in [4.78, 5) is 30.6. The van der Waals surface area contributed by atoms with Gasteiger partial charge < -0.3 is 19.5 Å². The second-order valence-corrected chi connectivity index (χ2v) is 9.84. The third kappa shape index (κ3) is 7.00. The third-order valence-corrected chi connectivity index (χ3v) is 6.76. The van der Waals surface area contributed by atoms with Crippen molar-refractivity contribution in [3.63, 3.8) is 0 Å². The van der Waals surface area contributed by atoms with Crippen LogP contribution in [0, 0.1) is 0 Å². The molecule has 0 atom stereocenters. The van der Waals surface area contributed by atoms with E-state index in [0.717, 1.165) is 0 Å². The van der Waals surface area contributed by atoms with E-state index in [1.807, 2.05) is 0 Å². The first kappa shape index (κ1) is 29.3. The molecule has 4 heterocycles. The van der Waals surface area contributed by atoms with Crippen LogP contribution in [-0.4, -0.2) is 80.2 Å². The molecule has 1 amide bonds. The van der Waals surface area contributed by atoms with Gasteiger partial charge in [-0.3, -0.25) is 14.6 Å². The number of rotatable bonds is 9. The van der Waals surface area contributed by atoms with E-state index >= 15 is 0 Å². The Morgan fingerprint density at radius 1 is 1.12 bits per heavy atom. The molecule has 2 aliphatic rings. The number of aromatic nitrogens is 6. The van der Waals surface area contributed by atoms with Crippen LogP contribution in [0.4, 0.5) is 38.5 Å². The number of carbonyl (C=O) groups is 1. The van der Waals surface area contributed by atoms with E-state index in [9.17, 15) is 26.7 Å². The highest BCUT2D eigenvalue weighted by Gasteiger charge is 2.38. The lowest BCUT2D eigenvalue weighted by Crippen LogP contribution is -2.45. The monoisotopic (exact) mass is 598 g/mol. The average molecular weight is 599 g/mol. The summed E-state index contributed by atoms with van der Waals surface area (Å²) >= 11 is 0. The van der Waals surface area contributed by atoms with Gasteiger partial charge in [0.25, 0.3) is 6.43 Å². The molecule has 226 valence electrons. The molecule has 42 heavy (non-hydrogen) atoms. The summed E-state index contributed by atoms with van der Waals surface area (Å²) in [5.41, 5.74) is 0.123. The van der Waals surface area contributed by atoms with Crippen molar-refractivity contribution in [3.05, 3.63) is 36.5 Å². The number of halogens is 5. The molecule has 0 radical (unpaired) electrons. The lowest BCUT2D eigenvalue weighted by atomic mass is 9.90. The number of nitrogens with one attached hydrogen (secondary N) is 1. The van der Waals surface area contributed by atoms with Crippen molar-refractivity contribution < 1.29 is 41.0 Å². The molecule has 12 nitrogen and oxygen atoms in total. The number of ether oxygens (including phenoxy) is 3. The van der Waals surface area contributed by atoms with Crippen LogP contribution in [0.15, 0.2) is 31.0 Å². The highest BCUT2D eigenvalue weighted by molar-refractivity contribution is 5.87. The normalized spacial score (nSPS) is 19.3. The van der Waals surface area contributed by atoms with E-state index in [1.165, 1.54) is 17.3 Å². The summed E-state index contributed by atoms with van der Waals surface area (Å²) in [6.45, 7) is -0.738. The number of amides is 1. The Morgan fingerprint density at radius 2 is 1.88 bits per heavy atom. The van der Waals surface area contributed by atoms with E-state index in [1.54, 1.807) is 24.1 Å². The Bertz CT molecular complexity index is 1360. The molecule has 1 N–H and O–H groups in total. The van der Waals surface area contributed by atoms with Crippen molar-refractivity contribution >= 4 is 17.9 Å². The molecule has 1 aliphatic heterocycles. The molecule has 3 aromatic heterocycles. The smallest absolute Gasteiger partial charge is 0.423 e. The maximum atomic E-state index is 13.4. The number of nitrogens with zero attached hydrogens (tertiary/aromatic N) is 7. The van der Waals surface area contributed by atoms with Crippen molar-refractivity contribution in [2.45, 2.75) is 56.5 Å². The first-order chi connectivity index (χ1) is 20.1. The lowest BCUT2D eigenvalue weighted by molar-refractivity contribution is -0.142. The van der Waals surface area contributed by atoms with Crippen LogP contribution in [0.5, 0.6) is 5.88 Å². The van der Waals surface area contributed by atoms with E-state index in [2.05, 4.69) is 30.4 Å². The minimum absolute atomic E-state index is 0.0354. The van der Waals surface area contributed by atoms with Crippen LogP contribution in [0.25, 0.3) is 11.3 Å². The Morgan fingerprint density at radius 3 is 2.45 bits per heavy atom. The zero-order chi connectivity index (χ0) is 29.9. The van der Waals surface area contributed by atoms with E-state index in [-0.39, 0.29) is 31.0 Å². The highest BCUT2D eigenvalue weighted by Crippen LogP contribution is 2.36. The van der Waals surface area contributed by atoms with Gasteiger partial charge >= 0.3 is 12.3 Å². The predicted octanol–water partition coefficient (Wildman–Crippen LogP) is 4.09. The maximum absolute atomic E-state index is 13.4. The van der Waals surface area contributed by atoms with Crippen LogP contribution < -0.4 is 15.0 Å². The van der Waals surface area contributed by atoms with Crippen molar-refractivity contribution in [3.8, 4) is 17.1 Å². The number of aryl methyl sites for hydroxylation is 1. The van der Waals surface area contributed by atoms with Crippen molar-refractivity contribution in [1.29, 1.82) is 0 Å². The van der Waals surface area contributed by atoms with Gasteiger partial charge in [-0.15, -0.1) is 0 Å². The molecule has 1 aliphatic carbocycles. The van der Waals surface area contributed by atoms with Crippen LogP contribution in [0.3, 0.4) is 0 Å². The summed E-state index contributed by atoms with van der Waals surface area (Å²) in [6, 6.07) is -0.700. The SMILES string of the molecule is Cn1cc(-c2cnc(N(C(=O)OCC(F)F)[C@H]3CC[C@H](Nc4ncc(C(F)(F)F)c(OC5COC5)n4)CC3)cn2)cn1. The van der Waals surface area contributed by atoms with Gasteiger partial charge in [-0.25, -0.2) is 23.5 Å². The average Bonchev–Trinajstić information content (AvgIpc) is 3.37. The van der Waals surface area contributed by atoms with Crippen LogP contribution in [-0.2, 0) is 22.7 Å². The molecule has 0 unspecified atom stereocenters. The van der Waals surface area contributed by atoms with Crippen LogP contribution >= 0.6 is 0 Å². The summed E-state index contributed by atoms with van der Waals surface area (Å²) in [5, 5.41) is 7.12. The highest BCUT2D eigenvalue weighted by atomic mass is 19.4. The van der Waals surface area contributed by atoms with Gasteiger partial charge in [-0.1, -0.05) is 0 Å². The predicted molar refractivity (Wildman–Crippen MR) is 136 cm³/mol. The van der Waals surface area contributed by atoms with Gasteiger partial charge in [-0.05, 0) is 25.7 Å². The first-order valence-corrected chi connectivity index (χ1v) is 13.1. The molecule has 1 saturated heterocycles. The molecule has 5 rings (SSSR count). The minimum atomic E-state index is -4.70. The lowest BCUT2D eigenvalue weighted by Gasteiger charge is -2.35. The third-order valence-electron chi connectivity index (χ3n) is 6.76. The van der Waals surface area contributed by atoms with Crippen LogP contribution in [0.2, 0.25) is 0 Å². The van der Waals surface area contributed by atoms with Gasteiger partial charge in [-0.2, -0.15) is 23.3 Å². The van der Waals surface area contributed by atoms with Gasteiger partial charge in [0, 0.05) is 37.1 Å². The van der Waals surface area contributed by atoms with E-state index in [0.29, 0.717) is 43.1 Å². The number of carbonyl (C=O) groups excluding carboxylic acids is 1. The molecule has 0 bridgehead atoms. The first-order valence-electron chi connectivity index (χ1n) is 13.1. The summed E-state index contributed by atoms with van der Waals surface area (Å²) < 4.78 is 82.6. The Hall–Kier alpha value is -4.15. The molecule has 17 heteroatoms. The summed E-state index contributed by atoms with van der Waals surface area (Å²) in [6.07, 6.45) is -0.508. The fourth-order valence-electron chi connectivity index (χ4n) is 4.60. The summed E-state index contributed by atoms with van der Waals surface area (Å²) in [7, 11) is 1.75. The van der Waals surface area contributed by atoms with Crippen molar-refractivity contribution in [2.24, 2.45) is 7.05 Å². The number of alkyl halides is 5. The second kappa shape index (κ2) is 12.4. The number of anilines is 2. The fourth-order valence-corrected chi connectivity index (χ4v) is 4.60. The molecule has 0 aromatic carbocycles. The van der Waals surface area contributed by atoms with Gasteiger partial charge in [0.15, 0.2) is 12.4 Å². The minimum Gasteiger partial charge on any atom is -0.469 e. The van der Waals surface area contributed by atoms with Gasteiger partial charge in [0.2, 0.25) is 11.8 Å². The van der Waals surface area contributed by atoms with E-state index in [4.69, 9.17) is 14.2 Å². The van der Waals surface area contributed by atoms with Gasteiger partial charge in [0.1, 0.15) is 11.7 Å². The number of hydrogen-bond acceptors (Lipinski definition) is 10. The molecule has 1 saturated carbocycles. The van der Waals surface area contributed by atoms with Gasteiger partial charge in [0.05, 0.1) is 37.5 Å². The molecule has 3 aromatic rings. The molecule has 0 spiro atoms. The Kier molecular flexibility index (Phi) is 8.65. The second-order valence-electron chi connectivity index (χ2n) is 9.84. The molecular weight excluding hydrogens is 571 g/mol. The Labute approximate surface area is 236 Å². The quantitative estimate of drug-likeness (QED) is 0.360. The van der Waals surface area contributed by atoms with E-state index < -0.39 is 48.9 Å². The standard InChI is InChI=1S/C25H27F5N8O4/c1-37-10-14(6-34-37)19-8-32-21(9-31-19)38(24(39)41-13-20(26)27)16-4-2-15(3-5-16)35-23-33-7-18(25(28,29)30)22(36-23)42-17-11-40-12-17/h6-10,15-17,20H,2-5,11-13H2,1H3,(H,33,35,36)/t15-,16-. The molecule has 2 fully saturated rings. The maximum Gasteiger partial charge on any atom is 0.423 e. The fraction of sp³-hybridized carbons (Fsp3) is 0.520. The zero-order valence-corrected chi connectivity index (χ0v) is 22.3. The molecular formula is C25H27F5N8O4. The van der Waals surface area contributed by atoms with Crippen molar-refractivity contribution in [2.75, 3.05) is 30.0 Å².